The van der Waals surface area contributed by atoms with E-state index in [1.54, 1.807) is 0 Å². The van der Waals surface area contributed by atoms with Crippen molar-refractivity contribution in [3.63, 3.8) is 0 Å². The highest BCUT2D eigenvalue weighted by Crippen LogP contribution is 2.11. The van der Waals surface area contributed by atoms with Crippen LogP contribution >= 0.6 is 0 Å². The molecule has 1 nitrogen and oxygen atoms in total. The molecule has 0 aromatic heterocycles. The Bertz CT molecular complexity index is 140. The molecule has 1 N–H and O–H groups in total. The van der Waals surface area contributed by atoms with Crippen LogP contribution in [0, 0.1) is 0 Å². The second-order valence-corrected chi connectivity index (χ2v) is 4.90. The molecule has 0 saturated carbocycles. The molecule has 0 aliphatic heterocycles. The van der Waals surface area contributed by atoms with Gasteiger partial charge in [-0.2, -0.15) is 0 Å². The summed E-state index contributed by atoms with van der Waals surface area (Å²) in [4.78, 5) is 0. The lowest BCUT2D eigenvalue weighted by molar-refractivity contribution is 0.180. The van der Waals surface area contributed by atoms with Gasteiger partial charge in [-0.25, -0.2) is 0 Å². The fraction of sp³-hybridized carbons (Fsp3) is 0.867. The quantitative estimate of drug-likeness (QED) is 0.373. The molecule has 1 heteroatoms. The van der Waals surface area contributed by atoms with Crippen LogP contribution in [0.5, 0.6) is 0 Å². The zero-order chi connectivity index (χ0) is 12.1. The highest BCUT2D eigenvalue weighted by molar-refractivity contribution is 4.65. The van der Waals surface area contributed by atoms with Gasteiger partial charge < -0.3 is 5.11 Å². The molecule has 0 aliphatic rings. The van der Waals surface area contributed by atoms with Crippen molar-refractivity contribution in [2.24, 2.45) is 0 Å². The molecule has 0 aromatic carbocycles. The smallest absolute Gasteiger partial charge is 0.0512 e. The Morgan fingerprint density at radius 3 is 1.75 bits per heavy atom. The summed E-state index contributed by atoms with van der Waals surface area (Å²) in [5.74, 6) is 0. The van der Waals surface area contributed by atoms with Crippen molar-refractivity contribution in [1.82, 2.24) is 0 Å². The molecular formula is C15H30O. The van der Waals surface area contributed by atoms with E-state index >= 15 is 0 Å². The van der Waals surface area contributed by atoms with Crippen LogP contribution < -0.4 is 0 Å². The third-order valence-electron chi connectivity index (χ3n) is 3.03. The molecule has 0 aliphatic carbocycles. The predicted molar refractivity (Wildman–Crippen MR) is 72.7 cm³/mol. The summed E-state index contributed by atoms with van der Waals surface area (Å²) in [5.41, 5.74) is 0. The van der Waals surface area contributed by atoms with Gasteiger partial charge in [-0.15, -0.1) is 6.58 Å². The SMILES string of the molecule is C=CCCCCCCCCCCCC(C)O. The summed E-state index contributed by atoms with van der Waals surface area (Å²) in [6.45, 7) is 5.61. The molecule has 0 fully saturated rings. The standard InChI is InChI=1S/C15H30O/c1-3-4-5-6-7-8-9-10-11-12-13-14-15(2)16/h3,15-16H,1,4-14H2,2H3. The molecule has 0 spiro atoms. The van der Waals surface area contributed by atoms with Gasteiger partial charge >= 0.3 is 0 Å². The molecule has 0 rings (SSSR count). The van der Waals surface area contributed by atoms with E-state index in [0.717, 1.165) is 6.42 Å². The van der Waals surface area contributed by atoms with Gasteiger partial charge in [0, 0.05) is 0 Å². The minimum Gasteiger partial charge on any atom is -0.393 e. The van der Waals surface area contributed by atoms with Crippen molar-refractivity contribution in [1.29, 1.82) is 0 Å². The highest BCUT2D eigenvalue weighted by atomic mass is 16.3. The maximum atomic E-state index is 9.09. The lowest BCUT2D eigenvalue weighted by Crippen LogP contribution is -1.98. The van der Waals surface area contributed by atoms with E-state index in [-0.39, 0.29) is 6.10 Å². The molecule has 96 valence electrons. The van der Waals surface area contributed by atoms with Gasteiger partial charge in [0.15, 0.2) is 0 Å². The molecule has 1 atom stereocenters. The Kier molecular flexibility index (Phi) is 12.5. The van der Waals surface area contributed by atoms with Crippen molar-refractivity contribution in [2.45, 2.75) is 83.7 Å². The molecule has 1 unspecified atom stereocenters. The normalized spacial score (nSPS) is 12.6. The molecular weight excluding hydrogens is 196 g/mol. The second kappa shape index (κ2) is 12.8. The number of unbranched alkanes of at least 4 members (excludes halogenated alkanes) is 9. The first-order valence-corrected chi connectivity index (χ1v) is 7.06. The van der Waals surface area contributed by atoms with E-state index in [9.17, 15) is 0 Å². The van der Waals surface area contributed by atoms with Crippen LogP contribution in [-0.4, -0.2) is 11.2 Å². The summed E-state index contributed by atoms with van der Waals surface area (Å²) >= 11 is 0. The van der Waals surface area contributed by atoms with Crippen LogP contribution in [0.15, 0.2) is 12.7 Å². The molecule has 0 bridgehead atoms. The number of rotatable bonds is 12. The van der Waals surface area contributed by atoms with Crippen LogP contribution in [0.4, 0.5) is 0 Å². The molecule has 0 aromatic rings. The fourth-order valence-corrected chi connectivity index (χ4v) is 1.97. The first kappa shape index (κ1) is 15.7. The first-order chi connectivity index (χ1) is 7.77. The van der Waals surface area contributed by atoms with Crippen LogP contribution in [0.2, 0.25) is 0 Å². The van der Waals surface area contributed by atoms with Crippen molar-refractivity contribution in [2.75, 3.05) is 0 Å². The van der Waals surface area contributed by atoms with Gasteiger partial charge in [-0.3, -0.25) is 0 Å². The van der Waals surface area contributed by atoms with Crippen molar-refractivity contribution < 1.29 is 5.11 Å². The lowest BCUT2D eigenvalue weighted by atomic mass is 10.0. The molecule has 0 saturated heterocycles. The zero-order valence-electron chi connectivity index (χ0n) is 11.1. The van der Waals surface area contributed by atoms with E-state index < -0.39 is 0 Å². The second-order valence-electron chi connectivity index (χ2n) is 4.90. The Labute approximate surface area is 102 Å². The number of aliphatic hydroxyl groups excluding tert-OH is 1. The average molecular weight is 226 g/mol. The van der Waals surface area contributed by atoms with Gasteiger partial charge in [0.1, 0.15) is 0 Å². The summed E-state index contributed by atoms with van der Waals surface area (Å²) < 4.78 is 0. The van der Waals surface area contributed by atoms with E-state index in [4.69, 9.17) is 5.11 Å². The Morgan fingerprint density at radius 1 is 0.875 bits per heavy atom. The third-order valence-corrected chi connectivity index (χ3v) is 3.03. The van der Waals surface area contributed by atoms with E-state index in [1.165, 1.54) is 64.2 Å². The average Bonchev–Trinajstić information content (AvgIpc) is 2.25. The van der Waals surface area contributed by atoms with Gasteiger partial charge in [0.2, 0.25) is 0 Å². The maximum absolute atomic E-state index is 9.09. The van der Waals surface area contributed by atoms with Crippen LogP contribution in [-0.2, 0) is 0 Å². The number of hydrogen-bond donors (Lipinski definition) is 1. The summed E-state index contributed by atoms with van der Waals surface area (Å²) in [6.07, 6.45) is 16.1. The highest BCUT2D eigenvalue weighted by Gasteiger charge is 1.95. The number of allylic oxidation sites excluding steroid dienone is 1. The fourth-order valence-electron chi connectivity index (χ4n) is 1.97. The van der Waals surface area contributed by atoms with Crippen molar-refractivity contribution >= 4 is 0 Å². The van der Waals surface area contributed by atoms with Gasteiger partial charge in [0.25, 0.3) is 0 Å². The Morgan fingerprint density at radius 2 is 1.31 bits per heavy atom. The van der Waals surface area contributed by atoms with Crippen LogP contribution in [0.1, 0.15) is 77.6 Å². The van der Waals surface area contributed by atoms with Crippen LogP contribution in [0.25, 0.3) is 0 Å². The van der Waals surface area contributed by atoms with Crippen molar-refractivity contribution in [3.05, 3.63) is 12.7 Å². The van der Waals surface area contributed by atoms with Crippen LogP contribution in [0.3, 0.4) is 0 Å². The third kappa shape index (κ3) is 13.7. The molecule has 0 amide bonds. The summed E-state index contributed by atoms with van der Waals surface area (Å²) in [7, 11) is 0. The largest absolute Gasteiger partial charge is 0.393 e. The Balaban J connectivity index is 2.90. The summed E-state index contributed by atoms with van der Waals surface area (Å²) in [5, 5.41) is 9.09. The van der Waals surface area contributed by atoms with Crippen molar-refractivity contribution in [3.8, 4) is 0 Å². The van der Waals surface area contributed by atoms with E-state index in [0.29, 0.717) is 0 Å². The first-order valence-electron chi connectivity index (χ1n) is 7.06. The maximum Gasteiger partial charge on any atom is 0.0512 e. The van der Waals surface area contributed by atoms with Gasteiger partial charge in [-0.05, 0) is 26.2 Å². The molecule has 0 radical (unpaired) electrons. The van der Waals surface area contributed by atoms with E-state index in [1.807, 2.05) is 13.0 Å². The van der Waals surface area contributed by atoms with E-state index in [2.05, 4.69) is 6.58 Å². The minimum atomic E-state index is -0.107. The minimum absolute atomic E-state index is 0.107. The molecule has 0 heterocycles. The van der Waals surface area contributed by atoms with Gasteiger partial charge in [0.05, 0.1) is 6.10 Å². The predicted octanol–water partition coefficient (Wildman–Crippen LogP) is 4.84. The zero-order valence-corrected chi connectivity index (χ0v) is 11.1. The Hall–Kier alpha value is -0.300. The molecule has 16 heavy (non-hydrogen) atoms. The van der Waals surface area contributed by atoms with Gasteiger partial charge in [-0.1, -0.05) is 57.4 Å². The number of hydrogen-bond acceptors (Lipinski definition) is 1. The lowest BCUT2D eigenvalue weighted by Gasteiger charge is -2.04. The summed E-state index contributed by atoms with van der Waals surface area (Å²) in [6, 6.07) is 0. The monoisotopic (exact) mass is 226 g/mol. The number of aliphatic hydroxyl groups is 1. The topological polar surface area (TPSA) is 20.2 Å².